The van der Waals surface area contributed by atoms with E-state index >= 15 is 0 Å². The molecule has 134 valence electrons. The maximum absolute atomic E-state index is 5.91. The van der Waals surface area contributed by atoms with Crippen LogP contribution in [-0.4, -0.2) is 19.6 Å². The normalized spacial score (nSPS) is 15.3. The Bertz CT molecular complexity index is 672. The van der Waals surface area contributed by atoms with Crippen molar-refractivity contribution in [3.8, 4) is 5.75 Å². The van der Waals surface area contributed by atoms with Crippen LogP contribution in [0.15, 0.2) is 46.9 Å². The van der Waals surface area contributed by atoms with Crippen LogP contribution in [0.4, 0.5) is 0 Å². The Morgan fingerprint density at radius 2 is 1.80 bits per heavy atom. The summed E-state index contributed by atoms with van der Waals surface area (Å²) in [5, 5.41) is 7.73. The molecule has 1 fully saturated rings. The highest BCUT2D eigenvalue weighted by atomic mass is 79.9. The molecule has 0 unspecified atom stereocenters. The largest absolute Gasteiger partial charge is 0.488 e. The fourth-order valence-electron chi connectivity index (χ4n) is 3.02. The SMILES string of the molecule is Clc1ccc(COc2ccc(CNCC3CCNCC3)cc2Br)cc1. The molecule has 0 radical (unpaired) electrons. The number of hydrogen-bond acceptors (Lipinski definition) is 3. The van der Waals surface area contributed by atoms with E-state index in [-0.39, 0.29) is 0 Å². The lowest BCUT2D eigenvalue weighted by Crippen LogP contribution is -2.33. The van der Waals surface area contributed by atoms with Gasteiger partial charge in [0.25, 0.3) is 0 Å². The summed E-state index contributed by atoms with van der Waals surface area (Å²) in [6.45, 7) is 4.81. The van der Waals surface area contributed by atoms with Crippen molar-refractivity contribution >= 4 is 27.5 Å². The van der Waals surface area contributed by atoms with Crippen LogP contribution >= 0.6 is 27.5 Å². The van der Waals surface area contributed by atoms with Gasteiger partial charge in [0.05, 0.1) is 4.47 Å². The van der Waals surface area contributed by atoms with Crippen LogP contribution in [0.2, 0.25) is 5.02 Å². The third-order valence-corrected chi connectivity index (χ3v) is 5.40. The van der Waals surface area contributed by atoms with Crippen molar-refractivity contribution in [1.29, 1.82) is 0 Å². The van der Waals surface area contributed by atoms with E-state index < -0.39 is 0 Å². The molecular formula is C20H24BrClN2O. The lowest BCUT2D eigenvalue weighted by molar-refractivity contribution is 0.304. The van der Waals surface area contributed by atoms with Crippen LogP contribution in [0.25, 0.3) is 0 Å². The highest BCUT2D eigenvalue weighted by molar-refractivity contribution is 9.10. The van der Waals surface area contributed by atoms with E-state index in [0.29, 0.717) is 6.61 Å². The molecule has 2 N–H and O–H groups in total. The maximum Gasteiger partial charge on any atom is 0.134 e. The van der Waals surface area contributed by atoms with Gasteiger partial charge in [0, 0.05) is 11.6 Å². The average molecular weight is 424 g/mol. The average Bonchev–Trinajstić information content (AvgIpc) is 2.63. The molecule has 5 heteroatoms. The Kier molecular flexibility index (Phi) is 7.17. The summed E-state index contributed by atoms with van der Waals surface area (Å²) in [7, 11) is 0. The first-order valence-electron chi connectivity index (χ1n) is 8.78. The van der Waals surface area contributed by atoms with Gasteiger partial charge in [-0.25, -0.2) is 0 Å². The van der Waals surface area contributed by atoms with Crippen LogP contribution in [0.5, 0.6) is 5.75 Å². The molecule has 3 rings (SSSR count). The predicted molar refractivity (Wildman–Crippen MR) is 107 cm³/mol. The monoisotopic (exact) mass is 422 g/mol. The lowest BCUT2D eigenvalue weighted by atomic mass is 9.98. The molecule has 0 spiro atoms. The van der Waals surface area contributed by atoms with E-state index in [2.05, 4.69) is 38.7 Å². The van der Waals surface area contributed by atoms with E-state index in [9.17, 15) is 0 Å². The first kappa shape index (κ1) is 18.7. The number of piperidine rings is 1. The van der Waals surface area contributed by atoms with Gasteiger partial charge in [-0.1, -0.05) is 29.8 Å². The minimum atomic E-state index is 0.531. The van der Waals surface area contributed by atoms with E-state index in [1.54, 1.807) is 0 Å². The number of ether oxygens (including phenoxy) is 1. The summed E-state index contributed by atoms with van der Waals surface area (Å²) < 4.78 is 6.89. The fraction of sp³-hybridized carbons (Fsp3) is 0.400. The molecule has 0 amide bonds. The van der Waals surface area contributed by atoms with Gasteiger partial charge >= 0.3 is 0 Å². The number of rotatable bonds is 7. The minimum Gasteiger partial charge on any atom is -0.488 e. The lowest BCUT2D eigenvalue weighted by Gasteiger charge is -2.22. The molecule has 0 atom stereocenters. The molecular weight excluding hydrogens is 400 g/mol. The maximum atomic E-state index is 5.91. The summed E-state index contributed by atoms with van der Waals surface area (Å²) in [5.41, 5.74) is 2.36. The molecule has 1 saturated heterocycles. The van der Waals surface area contributed by atoms with Gasteiger partial charge in [0.1, 0.15) is 12.4 Å². The van der Waals surface area contributed by atoms with Gasteiger partial charge in [-0.05, 0) is 89.7 Å². The Morgan fingerprint density at radius 3 is 2.52 bits per heavy atom. The van der Waals surface area contributed by atoms with E-state index in [1.165, 1.54) is 18.4 Å². The van der Waals surface area contributed by atoms with Crippen molar-refractivity contribution in [2.45, 2.75) is 26.0 Å². The highest BCUT2D eigenvalue weighted by Gasteiger charge is 2.12. The third-order valence-electron chi connectivity index (χ3n) is 4.52. The smallest absolute Gasteiger partial charge is 0.134 e. The topological polar surface area (TPSA) is 33.3 Å². The van der Waals surface area contributed by atoms with Crippen LogP contribution in [0, 0.1) is 5.92 Å². The van der Waals surface area contributed by atoms with Crippen molar-refractivity contribution in [1.82, 2.24) is 10.6 Å². The third kappa shape index (κ3) is 6.00. The van der Waals surface area contributed by atoms with E-state index in [1.807, 2.05) is 30.3 Å². The number of benzene rings is 2. The molecule has 1 aliphatic rings. The molecule has 0 aliphatic carbocycles. The Morgan fingerprint density at radius 1 is 1.08 bits per heavy atom. The van der Waals surface area contributed by atoms with Crippen molar-refractivity contribution in [3.63, 3.8) is 0 Å². The van der Waals surface area contributed by atoms with Crippen LogP contribution in [0.1, 0.15) is 24.0 Å². The fourth-order valence-corrected chi connectivity index (χ4v) is 3.69. The highest BCUT2D eigenvalue weighted by Crippen LogP contribution is 2.27. The Labute approximate surface area is 163 Å². The van der Waals surface area contributed by atoms with Crippen LogP contribution < -0.4 is 15.4 Å². The van der Waals surface area contributed by atoms with E-state index in [4.69, 9.17) is 16.3 Å². The van der Waals surface area contributed by atoms with Crippen LogP contribution in [-0.2, 0) is 13.2 Å². The number of hydrogen-bond donors (Lipinski definition) is 2. The second-order valence-corrected chi connectivity index (χ2v) is 7.79. The molecule has 0 aromatic heterocycles. The first-order chi connectivity index (χ1) is 12.2. The molecule has 25 heavy (non-hydrogen) atoms. The molecule has 1 aliphatic heterocycles. The molecule has 1 heterocycles. The van der Waals surface area contributed by atoms with Gasteiger partial charge in [0.2, 0.25) is 0 Å². The van der Waals surface area contributed by atoms with Crippen molar-refractivity contribution in [2.24, 2.45) is 5.92 Å². The van der Waals surface area contributed by atoms with Crippen molar-refractivity contribution in [2.75, 3.05) is 19.6 Å². The standard InChI is InChI=1S/C20H24BrClN2O/c21-19-11-17(13-24-12-15-7-9-23-10-8-15)3-6-20(19)25-14-16-1-4-18(22)5-2-16/h1-6,11,15,23-24H,7-10,12-14H2. The Balaban J connectivity index is 1.47. The second-order valence-electron chi connectivity index (χ2n) is 6.50. The van der Waals surface area contributed by atoms with Gasteiger partial charge in [-0.3, -0.25) is 0 Å². The van der Waals surface area contributed by atoms with Crippen molar-refractivity contribution < 1.29 is 4.74 Å². The molecule has 3 nitrogen and oxygen atoms in total. The zero-order chi connectivity index (χ0) is 17.5. The van der Waals surface area contributed by atoms with Crippen LogP contribution in [0.3, 0.4) is 0 Å². The van der Waals surface area contributed by atoms with Crippen molar-refractivity contribution in [3.05, 3.63) is 63.1 Å². The quantitative estimate of drug-likeness (QED) is 0.673. The summed E-state index contributed by atoms with van der Waals surface area (Å²) in [6.07, 6.45) is 2.54. The minimum absolute atomic E-state index is 0.531. The summed E-state index contributed by atoms with van der Waals surface area (Å²) >= 11 is 9.52. The number of halogens is 2. The molecule has 2 aromatic rings. The molecule has 0 saturated carbocycles. The Hall–Kier alpha value is -1.07. The summed E-state index contributed by atoms with van der Waals surface area (Å²) in [5.74, 6) is 1.66. The predicted octanol–water partition coefficient (Wildman–Crippen LogP) is 4.77. The van der Waals surface area contributed by atoms with Gasteiger partial charge < -0.3 is 15.4 Å². The molecule has 2 aromatic carbocycles. The zero-order valence-electron chi connectivity index (χ0n) is 14.2. The molecule has 0 bridgehead atoms. The van der Waals surface area contributed by atoms with Gasteiger partial charge in [-0.2, -0.15) is 0 Å². The first-order valence-corrected chi connectivity index (χ1v) is 9.95. The van der Waals surface area contributed by atoms with Gasteiger partial charge in [-0.15, -0.1) is 0 Å². The van der Waals surface area contributed by atoms with E-state index in [0.717, 1.165) is 52.9 Å². The zero-order valence-corrected chi connectivity index (χ0v) is 16.6. The second kappa shape index (κ2) is 9.58. The van der Waals surface area contributed by atoms with Gasteiger partial charge in [0.15, 0.2) is 0 Å². The summed E-state index contributed by atoms with van der Waals surface area (Å²) in [4.78, 5) is 0. The number of nitrogens with one attached hydrogen (secondary N) is 2. The summed E-state index contributed by atoms with van der Waals surface area (Å²) in [6, 6.07) is 14.0.